The van der Waals surface area contributed by atoms with Crippen LogP contribution in [0.3, 0.4) is 0 Å². The van der Waals surface area contributed by atoms with Crippen LogP contribution in [0.1, 0.15) is 52.4 Å². The van der Waals surface area contributed by atoms with Crippen molar-refractivity contribution >= 4 is 11.8 Å². The Labute approximate surface area is 129 Å². The number of allylic oxidation sites excluding steroid dienone is 1. The maximum Gasteiger partial charge on any atom is 0.209 e. The number of rotatable bonds is 8. The minimum absolute atomic E-state index is 0.0133. The Morgan fingerprint density at radius 1 is 1.05 bits per heavy atom. The molecular formula is C17H30N2O2. The van der Waals surface area contributed by atoms with Gasteiger partial charge in [0.25, 0.3) is 0 Å². The lowest BCUT2D eigenvalue weighted by Crippen LogP contribution is -2.37. The van der Waals surface area contributed by atoms with E-state index in [0.717, 1.165) is 31.1 Å². The monoisotopic (exact) mass is 294 g/mol. The molecule has 0 spiro atoms. The standard InChI is InChI=1S/C17H30N2O2/c1-6-7-8-9-10-11-12-14-16(20-4)19-15(13(2)3)17(18-14)21-5/h6,13-15H,1,7-12H2,2-5H3/t14-,15?/m1/s1. The molecule has 0 N–H and O–H groups in total. The molecule has 0 aliphatic carbocycles. The first-order valence-electron chi connectivity index (χ1n) is 7.98. The fourth-order valence-corrected chi connectivity index (χ4v) is 2.53. The first-order valence-corrected chi connectivity index (χ1v) is 7.98. The minimum atomic E-state index is -0.0196. The summed E-state index contributed by atoms with van der Waals surface area (Å²) in [5.41, 5.74) is 0. The Bertz CT molecular complexity index is 375. The maximum absolute atomic E-state index is 5.45. The van der Waals surface area contributed by atoms with Crippen LogP contribution in [0.15, 0.2) is 22.6 Å². The highest BCUT2D eigenvalue weighted by molar-refractivity contribution is 5.94. The van der Waals surface area contributed by atoms with Crippen molar-refractivity contribution in [2.75, 3.05) is 14.2 Å². The molecule has 0 bridgehead atoms. The van der Waals surface area contributed by atoms with Gasteiger partial charge in [-0.2, -0.15) is 0 Å². The van der Waals surface area contributed by atoms with Crippen LogP contribution in [0.2, 0.25) is 0 Å². The van der Waals surface area contributed by atoms with Gasteiger partial charge in [-0.3, -0.25) is 0 Å². The van der Waals surface area contributed by atoms with Crippen LogP contribution in [0.25, 0.3) is 0 Å². The van der Waals surface area contributed by atoms with Crippen LogP contribution in [0.4, 0.5) is 0 Å². The van der Waals surface area contributed by atoms with Crippen LogP contribution in [-0.4, -0.2) is 38.1 Å². The molecule has 2 atom stereocenters. The van der Waals surface area contributed by atoms with Gasteiger partial charge in [-0.05, 0) is 25.2 Å². The second-order valence-corrected chi connectivity index (χ2v) is 5.83. The van der Waals surface area contributed by atoms with Crippen LogP contribution in [0, 0.1) is 5.92 Å². The molecule has 120 valence electrons. The zero-order valence-electron chi connectivity index (χ0n) is 14.0. The molecule has 1 heterocycles. The molecule has 0 amide bonds. The van der Waals surface area contributed by atoms with E-state index in [9.17, 15) is 0 Å². The van der Waals surface area contributed by atoms with Crippen molar-refractivity contribution in [2.45, 2.75) is 64.5 Å². The van der Waals surface area contributed by atoms with E-state index in [1.165, 1.54) is 19.3 Å². The number of unbranched alkanes of at least 4 members (excludes halogenated alkanes) is 4. The van der Waals surface area contributed by atoms with Crippen molar-refractivity contribution in [1.82, 2.24) is 0 Å². The molecule has 0 aromatic heterocycles. The number of methoxy groups -OCH3 is 2. The van der Waals surface area contributed by atoms with E-state index in [1.54, 1.807) is 14.2 Å². The molecule has 0 saturated heterocycles. The van der Waals surface area contributed by atoms with Crippen molar-refractivity contribution in [3.05, 3.63) is 12.7 Å². The summed E-state index contributed by atoms with van der Waals surface area (Å²) in [4.78, 5) is 9.40. The molecule has 4 nitrogen and oxygen atoms in total. The molecule has 4 heteroatoms. The Morgan fingerprint density at radius 2 is 1.71 bits per heavy atom. The summed E-state index contributed by atoms with van der Waals surface area (Å²) in [6.45, 7) is 7.99. The Kier molecular flexibility index (Phi) is 8.09. The van der Waals surface area contributed by atoms with Crippen molar-refractivity contribution in [3.63, 3.8) is 0 Å². The molecule has 1 aliphatic rings. The number of ether oxygens (including phenoxy) is 2. The van der Waals surface area contributed by atoms with E-state index in [1.807, 2.05) is 6.08 Å². The highest BCUT2D eigenvalue weighted by Crippen LogP contribution is 2.20. The van der Waals surface area contributed by atoms with Crippen molar-refractivity contribution in [3.8, 4) is 0 Å². The lowest BCUT2D eigenvalue weighted by Gasteiger charge is -2.27. The van der Waals surface area contributed by atoms with Crippen LogP contribution in [0.5, 0.6) is 0 Å². The summed E-state index contributed by atoms with van der Waals surface area (Å²) in [7, 11) is 3.36. The van der Waals surface area contributed by atoms with E-state index < -0.39 is 0 Å². The van der Waals surface area contributed by atoms with Crippen molar-refractivity contribution in [1.29, 1.82) is 0 Å². The Hall–Kier alpha value is -1.32. The molecular weight excluding hydrogens is 264 g/mol. The van der Waals surface area contributed by atoms with Gasteiger partial charge in [0, 0.05) is 0 Å². The topological polar surface area (TPSA) is 43.2 Å². The fraction of sp³-hybridized carbons (Fsp3) is 0.765. The third-order valence-electron chi connectivity index (χ3n) is 3.77. The summed E-state index contributed by atoms with van der Waals surface area (Å²) >= 11 is 0. The number of hydrogen-bond acceptors (Lipinski definition) is 4. The molecule has 1 aliphatic heterocycles. The third kappa shape index (κ3) is 5.52. The average molecular weight is 294 g/mol. The molecule has 0 saturated carbocycles. The molecule has 0 fully saturated rings. The van der Waals surface area contributed by atoms with Gasteiger partial charge < -0.3 is 9.47 Å². The van der Waals surface area contributed by atoms with Crippen LogP contribution in [-0.2, 0) is 9.47 Å². The first-order chi connectivity index (χ1) is 10.1. The minimum Gasteiger partial charge on any atom is -0.483 e. The van der Waals surface area contributed by atoms with E-state index in [0.29, 0.717) is 5.92 Å². The smallest absolute Gasteiger partial charge is 0.209 e. The largest absolute Gasteiger partial charge is 0.483 e. The van der Waals surface area contributed by atoms with E-state index in [4.69, 9.17) is 14.5 Å². The lowest BCUT2D eigenvalue weighted by molar-refractivity contribution is 0.329. The summed E-state index contributed by atoms with van der Waals surface area (Å²) in [6, 6.07) is -0.00635. The van der Waals surface area contributed by atoms with Crippen LogP contribution < -0.4 is 0 Å². The van der Waals surface area contributed by atoms with Gasteiger partial charge in [0.05, 0.1) is 14.2 Å². The van der Waals surface area contributed by atoms with E-state index in [-0.39, 0.29) is 12.1 Å². The number of hydrogen-bond donors (Lipinski definition) is 0. The van der Waals surface area contributed by atoms with Gasteiger partial charge in [-0.15, -0.1) is 6.58 Å². The highest BCUT2D eigenvalue weighted by Gasteiger charge is 2.30. The van der Waals surface area contributed by atoms with E-state index >= 15 is 0 Å². The summed E-state index contributed by atoms with van der Waals surface area (Å²) in [5, 5.41) is 0. The molecule has 1 unspecified atom stereocenters. The predicted molar refractivity (Wildman–Crippen MR) is 89.2 cm³/mol. The number of aliphatic imine (C=N–C) groups is 2. The summed E-state index contributed by atoms with van der Waals surface area (Å²) in [6.07, 6.45) is 8.88. The van der Waals surface area contributed by atoms with Crippen LogP contribution >= 0.6 is 0 Å². The SMILES string of the molecule is C=CCCCCCC[C@H]1N=C(OC)C(C(C)C)N=C1OC. The second-order valence-electron chi connectivity index (χ2n) is 5.83. The van der Waals surface area contributed by atoms with Crippen molar-refractivity contribution < 1.29 is 9.47 Å². The zero-order valence-corrected chi connectivity index (χ0v) is 14.0. The van der Waals surface area contributed by atoms with Gasteiger partial charge in [0.2, 0.25) is 11.8 Å². The van der Waals surface area contributed by atoms with Gasteiger partial charge in [0.15, 0.2) is 0 Å². The van der Waals surface area contributed by atoms with Gasteiger partial charge >= 0.3 is 0 Å². The molecule has 0 radical (unpaired) electrons. The second kappa shape index (κ2) is 9.59. The normalized spacial score (nSPS) is 21.8. The van der Waals surface area contributed by atoms with Gasteiger partial charge in [-0.1, -0.05) is 39.2 Å². The van der Waals surface area contributed by atoms with E-state index in [2.05, 4.69) is 25.4 Å². The molecule has 1 rings (SSSR count). The predicted octanol–water partition coefficient (Wildman–Crippen LogP) is 4.01. The fourth-order valence-electron chi connectivity index (χ4n) is 2.53. The quantitative estimate of drug-likeness (QED) is 0.501. The Morgan fingerprint density at radius 3 is 2.29 bits per heavy atom. The maximum atomic E-state index is 5.45. The first kappa shape index (κ1) is 17.7. The molecule has 0 aromatic rings. The highest BCUT2D eigenvalue weighted by atomic mass is 16.5. The Balaban J connectivity index is 2.54. The summed E-state index contributed by atoms with van der Waals surface area (Å²) < 4.78 is 10.9. The molecule has 0 aromatic carbocycles. The zero-order chi connectivity index (χ0) is 15.7. The third-order valence-corrected chi connectivity index (χ3v) is 3.77. The number of nitrogens with zero attached hydrogens (tertiary/aromatic N) is 2. The van der Waals surface area contributed by atoms with Crippen molar-refractivity contribution in [2.24, 2.45) is 15.9 Å². The summed E-state index contributed by atoms with van der Waals surface area (Å²) in [5.74, 6) is 1.84. The lowest BCUT2D eigenvalue weighted by atomic mass is 10.0. The van der Waals surface area contributed by atoms with Gasteiger partial charge in [0.1, 0.15) is 12.1 Å². The average Bonchev–Trinajstić information content (AvgIpc) is 2.49. The molecule has 21 heavy (non-hydrogen) atoms. The van der Waals surface area contributed by atoms with Gasteiger partial charge in [-0.25, -0.2) is 9.98 Å².